The van der Waals surface area contributed by atoms with Crippen LogP contribution in [-0.4, -0.2) is 7.25 Å². The van der Waals surface area contributed by atoms with Gasteiger partial charge in [0.25, 0.3) is 0 Å². The molecule has 1 unspecified atom stereocenters. The van der Waals surface area contributed by atoms with Crippen LogP contribution in [-0.2, 0) is 0 Å². The average molecular weight is 311 g/mol. The topological polar surface area (TPSA) is 19.7 Å². The maximum atomic E-state index is 9.75. The third-order valence-electron chi connectivity index (χ3n) is 2.75. The molecule has 0 spiro atoms. The number of anilines is 1. The van der Waals surface area contributed by atoms with E-state index in [0.29, 0.717) is 0 Å². The third kappa shape index (κ3) is 5.23. The van der Waals surface area contributed by atoms with Crippen molar-refractivity contribution in [2.75, 3.05) is 5.01 Å². The molecule has 0 fully saturated rings. The summed E-state index contributed by atoms with van der Waals surface area (Å²) in [5.41, 5.74) is 5.69. The fourth-order valence-electron chi connectivity index (χ4n) is 1.87. The van der Waals surface area contributed by atoms with E-state index < -0.39 is 7.25 Å². The smallest absolute Gasteiger partial charge is 0.418 e. The fourth-order valence-corrected chi connectivity index (χ4v) is 1.87. The molecule has 3 nitrogen and oxygen atoms in total. The lowest BCUT2D eigenvalue weighted by atomic mass is 10.3. The van der Waals surface area contributed by atoms with E-state index in [-0.39, 0.29) is 0 Å². The molecule has 8 heteroatoms. The Morgan fingerprint density at radius 2 is 1.32 bits per heavy atom. The number of quaternary nitrogens is 1. The first-order valence-corrected chi connectivity index (χ1v) is 6.52. The van der Waals surface area contributed by atoms with Crippen molar-refractivity contribution in [1.29, 1.82) is 0 Å². The minimum absolute atomic E-state index is 1.12. The standard InChI is InChI=1S/C14H13N3.BF4/c1-3-7-13(8-4-1)16-11-12-17(15-16)14-9-5-2-6-10-14;2-1(3,4)5/h1-12,15H;/q;-1/p+1. The number of hydrazine groups is 1. The Labute approximate surface area is 125 Å². The summed E-state index contributed by atoms with van der Waals surface area (Å²) in [4.78, 5) is 0. The number of hydrogen-bond acceptors (Lipinski definition) is 2. The molecular formula is C14H14BF4N3. The SMILES string of the molecule is C1=C[NH+](c2ccccc2)NN1c1ccccc1.F[B-](F)(F)F. The maximum absolute atomic E-state index is 9.75. The van der Waals surface area contributed by atoms with Crippen LogP contribution in [0.25, 0.3) is 0 Å². The Morgan fingerprint density at radius 1 is 0.818 bits per heavy atom. The summed E-state index contributed by atoms with van der Waals surface area (Å²) < 4.78 is 39.0. The van der Waals surface area contributed by atoms with Crippen molar-refractivity contribution in [3.8, 4) is 0 Å². The van der Waals surface area contributed by atoms with E-state index in [1.807, 2.05) is 47.6 Å². The second-order valence-corrected chi connectivity index (χ2v) is 4.41. The summed E-state index contributed by atoms with van der Waals surface area (Å²) in [7, 11) is -6.00. The lowest BCUT2D eigenvalue weighted by Gasteiger charge is -2.17. The van der Waals surface area contributed by atoms with Crippen LogP contribution in [0.3, 0.4) is 0 Å². The molecule has 2 aromatic rings. The van der Waals surface area contributed by atoms with Crippen LogP contribution in [0.2, 0.25) is 0 Å². The first kappa shape index (κ1) is 16.1. The van der Waals surface area contributed by atoms with E-state index >= 15 is 0 Å². The number of hydrogen-bond donors (Lipinski definition) is 2. The molecule has 3 rings (SSSR count). The van der Waals surface area contributed by atoms with Gasteiger partial charge in [0.05, 0.1) is 11.9 Å². The summed E-state index contributed by atoms with van der Waals surface area (Å²) in [6, 6.07) is 20.5. The number of rotatable bonds is 2. The van der Waals surface area contributed by atoms with Gasteiger partial charge in [0.15, 0.2) is 5.69 Å². The Balaban J connectivity index is 0.000000309. The summed E-state index contributed by atoms with van der Waals surface area (Å²) in [5.74, 6) is 0. The van der Waals surface area contributed by atoms with Gasteiger partial charge in [-0.05, 0) is 12.1 Å². The van der Waals surface area contributed by atoms with Gasteiger partial charge in [0.1, 0.15) is 6.20 Å². The Morgan fingerprint density at radius 3 is 1.86 bits per heavy atom. The molecule has 2 aromatic carbocycles. The van der Waals surface area contributed by atoms with Crippen molar-refractivity contribution in [1.82, 2.24) is 5.53 Å². The zero-order valence-electron chi connectivity index (χ0n) is 11.5. The highest BCUT2D eigenvalue weighted by Crippen LogP contribution is 2.12. The van der Waals surface area contributed by atoms with Crippen LogP contribution < -0.4 is 15.6 Å². The molecule has 0 radical (unpaired) electrons. The second-order valence-electron chi connectivity index (χ2n) is 4.41. The fraction of sp³-hybridized carbons (Fsp3) is 0. The summed E-state index contributed by atoms with van der Waals surface area (Å²) in [6.45, 7) is 0. The van der Waals surface area contributed by atoms with E-state index in [0.717, 1.165) is 10.7 Å². The van der Waals surface area contributed by atoms with Crippen LogP contribution in [0.5, 0.6) is 0 Å². The first-order chi connectivity index (χ1) is 10.4. The van der Waals surface area contributed by atoms with E-state index in [1.165, 1.54) is 5.69 Å². The number of para-hydroxylation sites is 2. The number of nitrogens with one attached hydrogen (secondary N) is 2. The molecule has 1 aliphatic rings. The average Bonchev–Trinajstić information content (AvgIpc) is 2.97. The quantitative estimate of drug-likeness (QED) is 0.657. The maximum Gasteiger partial charge on any atom is 0.673 e. The minimum atomic E-state index is -6.00. The van der Waals surface area contributed by atoms with Crippen molar-refractivity contribution >= 4 is 18.6 Å². The molecule has 22 heavy (non-hydrogen) atoms. The van der Waals surface area contributed by atoms with Crippen molar-refractivity contribution in [2.45, 2.75) is 0 Å². The Kier molecular flexibility index (Phi) is 5.19. The predicted octanol–water partition coefficient (Wildman–Crippen LogP) is 2.91. The normalized spacial score (nSPS) is 17.1. The molecule has 0 aliphatic carbocycles. The lowest BCUT2D eigenvalue weighted by molar-refractivity contribution is -0.821. The third-order valence-corrected chi connectivity index (χ3v) is 2.75. The van der Waals surface area contributed by atoms with Crippen LogP contribution in [0.1, 0.15) is 0 Å². The zero-order chi connectivity index (χ0) is 16.0. The molecule has 2 N–H and O–H groups in total. The van der Waals surface area contributed by atoms with Gasteiger partial charge in [-0.15, -0.1) is 0 Å². The highest BCUT2D eigenvalue weighted by Gasteiger charge is 2.20. The Hall–Kier alpha value is -2.32. The van der Waals surface area contributed by atoms with Gasteiger partial charge >= 0.3 is 7.25 Å². The molecular weight excluding hydrogens is 297 g/mol. The van der Waals surface area contributed by atoms with Crippen LogP contribution in [0.4, 0.5) is 28.6 Å². The molecule has 0 bridgehead atoms. The van der Waals surface area contributed by atoms with Gasteiger partial charge in [-0.3, -0.25) is 0 Å². The summed E-state index contributed by atoms with van der Waals surface area (Å²) >= 11 is 0. The molecule has 0 aromatic heterocycles. The largest absolute Gasteiger partial charge is 0.673 e. The first-order valence-electron chi connectivity index (χ1n) is 6.52. The minimum Gasteiger partial charge on any atom is -0.418 e. The predicted molar refractivity (Wildman–Crippen MR) is 78.4 cm³/mol. The van der Waals surface area contributed by atoms with Gasteiger partial charge in [0.2, 0.25) is 0 Å². The lowest BCUT2D eigenvalue weighted by Crippen LogP contribution is -3.09. The Bertz CT molecular complexity index is 551. The summed E-state index contributed by atoms with van der Waals surface area (Å²) in [5, 5.41) is 3.14. The van der Waals surface area contributed by atoms with Crippen LogP contribution >= 0.6 is 0 Å². The zero-order valence-corrected chi connectivity index (χ0v) is 11.5. The molecule has 1 heterocycles. The summed E-state index contributed by atoms with van der Waals surface area (Å²) in [6.07, 6.45) is 4.12. The van der Waals surface area contributed by atoms with Crippen LogP contribution in [0.15, 0.2) is 73.1 Å². The number of nitrogens with zero attached hydrogens (tertiary/aromatic N) is 1. The van der Waals surface area contributed by atoms with E-state index in [9.17, 15) is 17.3 Å². The van der Waals surface area contributed by atoms with Gasteiger partial charge in [-0.25, -0.2) is 5.01 Å². The highest BCUT2D eigenvalue weighted by atomic mass is 19.5. The van der Waals surface area contributed by atoms with Gasteiger partial charge in [-0.1, -0.05) is 41.9 Å². The monoisotopic (exact) mass is 311 g/mol. The molecule has 116 valence electrons. The molecule has 0 saturated heterocycles. The van der Waals surface area contributed by atoms with Crippen molar-refractivity contribution in [3.63, 3.8) is 0 Å². The van der Waals surface area contributed by atoms with E-state index in [4.69, 9.17) is 0 Å². The van der Waals surface area contributed by atoms with Gasteiger partial charge in [-0.2, -0.15) is 5.01 Å². The highest BCUT2D eigenvalue weighted by molar-refractivity contribution is 6.50. The second kappa shape index (κ2) is 7.10. The number of benzene rings is 2. The van der Waals surface area contributed by atoms with Gasteiger partial charge in [0, 0.05) is 12.1 Å². The molecule has 0 amide bonds. The van der Waals surface area contributed by atoms with Gasteiger partial charge < -0.3 is 17.3 Å². The molecule has 1 atom stereocenters. The molecule has 0 saturated carbocycles. The van der Waals surface area contributed by atoms with E-state index in [2.05, 4.69) is 36.0 Å². The van der Waals surface area contributed by atoms with Crippen molar-refractivity contribution < 1.29 is 22.3 Å². The van der Waals surface area contributed by atoms with E-state index in [1.54, 1.807) is 0 Å². The van der Waals surface area contributed by atoms with Crippen LogP contribution in [0, 0.1) is 0 Å². The van der Waals surface area contributed by atoms with Crippen molar-refractivity contribution in [3.05, 3.63) is 73.1 Å². The number of halogens is 4. The molecule has 1 aliphatic heterocycles. The van der Waals surface area contributed by atoms with Crippen molar-refractivity contribution in [2.24, 2.45) is 0 Å².